The van der Waals surface area contributed by atoms with Crippen LogP contribution in [0.2, 0.25) is 0 Å². The number of benzene rings is 2. The van der Waals surface area contributed by atoms with Crippen molar-refractivity contribution in [1.82, 2.24) is 5.32 Å². The van der Waals surface area contributed by atoms with Crippen LogP contribution < -0.4 is 10.6 Å². The lowest BCUT2D eigenvalue weighted by Gasteiger charge is -2.17. The fraction of sp³-hybridized carbons (Fsp3) is 0.316. The molecule has 0 bridgehead atoms. The van der Waals surface area contributed by atoms with Crippen LogP contribution in [0.3, 0.4) is 0 Å². The molecular formula is C19H22N2O. The molecule has 0 saturated heterocycles. The Hall–Kier alpha value is -2.29. The summed E-state index contributed by atoms with van der Waals surface area (Å²) in [4.78, 5) is 12.0. The van der Waals surface area contributed by atoms with Gasteiger partial charge < -0.3 is 10.6 Å². The van der Waals surface area contributed by atoms with Crippen molar-refractivity contribution in [1.29, 1.82) is 0 Å². The number of fused-ring (bicyclic) bond motifs is 1. The van der Waals surface area contributed by atoms with Gasteiger partial charge in [-0.25, -0.2) is 4.79 Å². The Morgan fingerprint density at radius 1 is 1.00 bits per heavy atom. The third kappa shape index (κ3) is 3.67. The monoisotopic (exact) mass is 294 g/mol. The smallest absolute Gasteiger partial charge is 0.315 e. The number of rotatable bonds is 3. The van der Waals surface area contributed by atoms with Crippen LogP contribution >= 0.6 is 0 Å². The summed E-state index contributed by atoms with van der Waals surface area (Å²) < 4.78 is 0. The van der Waals surface area contributed by atoms with Gasteiger partial charge in [-0.05, 0) is 30.2 Å². The highest BCUT2D eigenvalue weighted by Gasteiger charge is 2.10. The molecule has 2 N–H and O–H groups in total. The summed E-state index contributed by atoms with van der Waals surface area (Å²) in [5.74, 6) is 0.617. The van der Waals surface area contributed by atoms with Gasteiger partial charge in [0.05, 0.1) is 5.69 Å². The number of urea groups is 1. The molecule has 0 heterocycles. The molecule has 2 aromatic rings. The van der Waals surface area contributed by atoms with Gasteiger partial charge in [0, 0.05) is 11.6 Å². The molecule has 0 spiro atoms. The number of carbonyl (C=O) groups is 1. The zero-order valence-corrected chi connectivity index (χ0v) is 12.7. The van der Waals surface area contributed by atoms with Crippen LogP contribution in [0.1, 0.15) is 32.1 Å². The summed E-state index contributed by atoms with van der Waals surface area (Å²) in [6.07, 6.45) is 10.3. The molecule has 3 rings (SSSR count). The van der Waals surface area contributed by atoms with E-state index in [4.69, 9.17) is 0 Å². The molecule has 0 aromatic heterocycles. The average molecular weight is 294 g/mol. The van der Waals surface area contributed by atoms with Gasteiger partial charge in [0.2, 0.25) is 0 Å². The SMILES string of the molecule is O=C(N/C=C/C1CCCCC1)Nc1cccc2ccccc12. The molecule has 1 aliphatic carbocycles. The zero-order valence-electron chi connectivity index (χ0n) is 12.7. The number of anilines is 1. The highest BCUT2D eigenvalue weighted by atomic mass is 16.2. The van der Waals surface area contributed by atoms with Crippen molar-refractivity contribution in [3.05, 3.63) is 54.7 Å². The van der Waals surface area contributed by atoms with Crippen LogP contribution in [0.4, 0.5) is 10.5 Å². The standard InChI is InChI=1S/C19H22N2O/c22-19(20-14-13-15-7-2-1-3-8-15)21-18-12-6-10-16-9-4-5-11-17(16)18/h4-6,9-15H,1-3,7-8H2,(H2,20,21,22)/b14-13+. The normalized spacial score (nSPS) is 16.0. The van der Waals surface area contributed by atoms with E-state index in [2.05, 4.69) is 16.7 Å². The van der Waals surface area contributed by atoms with E-state index in [9.17, 15) is 4.79 Å². The van der Waals surface area contributed by atoms with Crippen LogP contribution in [0.15, 0.2) is 54.7 Å². The van der Waals surface area contributed by atoms with Gasteiger partial charge in [0.1, 0.15) is 0 Å². The van der Waals surface area contributed by atoms with E-state index in [-0.39, 0.29) is 6.03 Å². The van der Waals surface area contributed by atoms with E-state index in [1.807, 2.05) is 42.5 Å². The minimum Gasteiger partial charge on any atom is -0.315 e. The first-order chi connectivity index (χ1) is 10.8. The molecule has 1 saturated carbocycles. The topological polar surface area (TPSA) is 41.1 Å². The van der Waals surface area contributed by atoms with E-state index in [1.54, 1.807) is 6.20 Å². The molecule has 0 radical (unpaired) electrons. The van der Waals surface area contributed by atoms with Crippen molar-refractivity contribution >= 4 is 22.5 Å². The highest BCUT2D eigenvalue weighted by molar-refractivity contribution is 6.01. The molecule has 114 valence electrons. The van der Waals surface area contributed by atoms with Crippen molar-refractivity contribution in [3.63, 3.8) is 0 Å². The molecule has 3 nitrogen and oxygen atoms in total. The Bertz CT molecular complexity index is 667. The van der Waals surface area contributed by atoms with Crippen molar-refractivity contribution in [2.24, 2.45) is 5.92 Å². The van der Waals surface area contributed by atoms with Gasteiger partial charge in [-0.1, -0.05) is 61.7 Å². The summed E-state index contributed by atoms with van der Waals surface area (Å²) in [5.41, 5.74) is 0.835. The average Bonchev–Trinajstić information content (AvgIpc) is 2.56. The van der Waals surface area contributed by atoms with Crippen LogP contribution in [-0.2, 0) is 0 Å². The lowest BCUT2D eigenvalue weighted by Crippen LogP contribution is -2.24. The van der Waals surface area contributed by atoms with E-state index in [0.29, 0.717) is 5.92 Å². The predicted molar refractivity (Wildman–Crippen MR) is 91.8 cm³/mol. The zero-order chi connectivity index (χ0) is 15.2. The fourth-order valence-electron chi connectivity index (χ4n) is 3.08. The summed E-state index contributed by atoms with van der Waals surface area (Å²) in [6, 6.07) is 13.8. The largest absolute Gasteiger partial charge is 0.323 e. The minimum atomic E-state index is -0.191. The first-order valence-corrected chi connectivity index (χ1v) is 8.05. The summed E-state index contributed by atoms with van der Waals surface area (Å²) in [7, 11) is 0. The first kappa shape index (κ1) is 14.6. The summed E-state index contributed by atoms with van der Waals surface area (Å²) >= 11 is 0. The Morgan fingerprint density at radius 2 is 1.77 bits per heavy atom. The van der Waals surface area contributed by atoms with Gasteiger partial charge in [-0.3, -0.25) is 0 Å². The summed E-state index contributed by atoms with van der Waals surface area (Å²) in [5, 5.41) is 7.91. The fourth-order valence-corrected chi connectivity index (χ4v) is 3.08. The third-order valence-corrected chi connectivity index (χ3v) is 4.27. The molecular weight excluding hydrogens is 272 g/mol. The Labute approximate surface area is 131 Å². The molecule has 0 atom stereocenters. The number of nitrogens with one attached hydrogen (secondary N) is 2. The highest BCUT2D eigenvalue weighted by Crippen LogP contribution is 2.24. The number of allylic oxidation sites excluding steroid dienone is 1. The molecule has 0 aliphatic heterocycles. The van der Waals surface area contributed by atoms with E-state index in [1.165, 1.54) is 32.1 Å². The Morgan fingerprint density at radius 3 is 2.64 bits per heavy atom. The van der Waals surface area contributed by atoms with E-state index < -0.39 is 0 Å². The number of hydrogen-bond donors (Lipinski definition) is 2. The number of carbonyl (C=O) groups excluding carboxylic acids is 1. The molecule has 1 fully saturated rings. The molecule has 1 aliphatic rings. The molecule has 2 aromatic carbocycles. The quantitative estimate of drug-likeness (QED) is 0.816. The van der Waals surface area contributed by atoms with Crippen molar-refractivity contribution < 1.29 is 4.79 Å². The van der Waals surface area contributed by atoms with E-state index >= 15 is 0 Å². The number of amides is 2. The lowest BCUT2D eigenvalue weighted by molar-refractivity contribution is 0.255. The number of hydrogen-bond acceptors (Lipinski definition) is 1. The first-order valence-electron chi connectivity index (χ1n) is 8.05. The molecule has 22 heavy (non-hydrogen) atoms. The van der Waals surface area contributed by atoms with Gasteiger partial charge in [-0.2, -0.15) is 0 Å². The minimum absolute atomic E-state index is 0.191. The van der Waals surface area contributed by atoms with Crippen LogP contribution in [0.5, 0.6) is 0 Å². The second-order valence-corrected chi connectivity index (χ2v) is 5.88. The second-order valence-electron chi connectivity index (χ2n) is 5.88. The van der Waals surface area contributed by atoms with Crippen LogP contribution in [0.25, 0.3) is 10.8 Å². The molecule has 0 unspecified atom stereocenters. The maximum atomic E-state index is 12.0. The summed E-state index contributed by atoms with van der Waals surface area (Å²) in [6.45, 7) is 0. The van der Waals surface area contributed by atoms with Gasteiger partial charge in [0.15, 0.2) is 0 Å². The van der Waals surface area contributed by atoms with Crippen LogP contribution in [0, 0.1) is 5.92 Å². The Balaban J connectivity index is 1.60. The van der Waals surface area contributed by atoms with Gasteiger partial charge in [-0.15, -0.1) is 0 Å². The maximum Gasteiger partial charge on any atom is 0.323 e. The van der Waals surface area contributed by atoms with Crippen molar-refractivity contribution in [2.75, 3.05) is 5.32 Å². The second kappa shape index (κ2) is 7.12. The van der Waals surface area contributed by atoms with Crippen molar-refractivity contribution in [2.45, 2.75) is 32.1 Å². The third-order valence-electron chi connectivity index (χ3n) is 4.27. The van der Waals surface area contributed by atoms with Crippen molar-refractivity contribution in [3.8, 4) is 0 Å². The van der Waals surface area contributed by atoms with Gasteiger partial charge >= 0.3 is 6.03 Å². The Kier molecular flexibility index (Phi) is 4.74. The molecule has 3 heteroatoms. The molecule has 2 amide bonds. The van der Waals surface area contributed by atoms with Gasteiger partial charge in [0.25, 0.3) is 0 Å². The maximum absolute atomic E-state index is 12.0. The van der Waals surface area contributed by atoms with E-state index in [0.717, 1.165) is 16.5 Å². The predicted octanol–water partition coefficient (Wildman–Crippen LogP) is 5.06. The lowest BCUT2D eigenvalue weighted by atomic mass is 9.89. The van der Waals surface area contributed by atoms with Crippen LogP contribution in [-0.4, -0.2) is 6.03 Å².